The summed E-state index contributed by atoms with van der Waals surface area (Å²) in [7, 11) is 1.30. The highest BCUT2D eigenvalue weighted by Crippen LogP contribution is 2.32. The van der Waals surface area contributed by atoms with E-state index in [2.05, 4.69) is 28.4 Å². The molecule has 3 heterocycles. The van der Waals surface area contributed by atoms with Crippen LogP contribution in [-0.4, -0.2) is 77.5 Å². The third-order valence-electron chi connectivity index (χ3n) is 8.86. The van der Waals surface area contributed by atoms with Crippen molar-refractivity contribution < 1.29 is 52.0 Å². The van der Waals surface area contributed by atoms with E-state index in [0.29, 0.717) is 39.7 Å². The van der Waals surface area contributed by atoms with Gasteiger partial charge in [0, 0.05) is 25.6 Å². The monoisotopic (exact) mass is 739 g/mol. The summed E-state index contributed by atoms with van der Waals surface area (Å²) in [5.41, 5.74) is 2.77. The number of aliphatic hydroxyl groups is 1. The quantitative estimate of drug-likeness (QED) is 0.0690. The standard InChI is InChI=1S/C40H41N3O11/c1-4-13-24(21-32-42-27-17-9-11-19-29(27)49-32)37(45)52-35-34(54-40(47)41-26-15-7-6-8-16-26)31(23-44)51-39(48-3)36(35)53-38(46)25(14-5-2)22-33-43-28-18-10-12-20-30(28)50-33/h4-12,15-20,24-25,31,34-36,39,44H,1-2,13-14,21-23H2,3H3,(H,41,47)/t24-,25-,31-,34-,35+,36+,39+/m1/s1. The lowest BCUT2D eigenvalue weighted by Crippen LogP contribution is -2.63. The predicted molar refractivity (Wildman–Crippen MR) is 195 cm³/mol. The molecule has 7 atom stereocenters. The van der Waals surface area contributed by atoms with Gasteiger partial charge in [-0.2, -0.15) is 0 Å². The van der Waals surface area contributed by atoms with Crippen LogP contribution < -0.4 is 5.32 Å². The summed E-state index contributed by atoms with van der Waals surface area (Å²) < 4.78 is 41.3. The Balaban J connectivity index is 1.30. The largest absolute Gasteiger partial charge is 0.454 e. The van der Waals surface area contributed by atoms with Gasteiger partial charge in [0.1, 0.15) is 17.1 Å². The SMILES string of the molecule is C=CC[C@H](Cc1nc2ccccc2o1)C(=O)O[C@@H]1[C@H](OC(=O)[C@H](CC=C)Cc2nc3ccccc3o2)[C@@H](OC)O[C@H](CO)[C@H]1OC(=O)Nc1ccccc1. The summed E-state index contributed by atoms with van der Waals surface area (Å²) in [6.45, 7) is 6.92. The maximum absolute atomic E-state index is 14.1. The van der Waals surface area contributed by atoms with E-state index in [0.717, 1.165) is 0 Å². The van der Waals surface area contributed by atoms with Gasteiger partial charge in [-0.15, -0.1) is 13.2 Å². The number of benzene rings is 3. The van der Waals surface area contributed by atoms with Crippen LogP contribution in [0.3, 0.4) is 0 Å². The van der Waals surface area contributed by atoms with Crippen molar-refractivity contribution in [1.82, 2.24) is 9.97 Å². The molecule has 0 saturated carbocycles. The number of rotatable bonds is 16. The minimum Gasteiger partial charge on any atom is -0.454 e. The summed E-state index contributed by atoms with van der Waals surface area (Å²) in [5.74, 6) is -2.61. The minimum atomic E-state index is -1.52. The molecule has 14 nitrogen and oxygen atoms in total. The molecular weight excluding hydrogens is 698 g/mol. The predicted octanol–water partition coefficient (Wildman–Crippen LogP) is 5.94. The van der Waals surface area contributed by atoms with Crippen LogP contribution in [0.2, 0.25) is 0 Å². The molecule has 3 aromatic carbocycles. The van der Waals surface area contributed by atoms with Gasteiger partial charge >= 0.3 is 18.0 Å². The average molecular weight is 740 g/mol. The van der Waals surface area contributed by atoms with E-state index >= 15 is 0 Å². The van der Waals surface area contributed by atoms with Crippen molar-refractivity contribution in [2.75, 3.05) is 19.0 Å². The van der Waals surface area contributed by atoms with Gasteiger partial charge in [0.15, 0.2) is 47.5 Å². The number of amides is 1. The van der Waals surface area contributed by atoms with Crippen molar-refractivity contribution in [2.45, 2.75) is 56.4 Å². The van der Waals surface area contributed by atoms with Crippen molar-refractivity contribution >= 4 is 45.9 Å². The van der Waals surface area contributed by atoms with Crippen LogP contribution in [0.5, 0.6) is 0 Å². The summed E-state index contributed by atoms with van der Waals surface area (Å²) in [6.07, 6.45) is -4.49. The summed E-state index contributed by atoms with van der Waals surface area (Å²) in [4.78, 5) is 50.4. The topological polar surface area (TPSA) is 182 Å². The van der Waals surface area contributed by atoms with E-state index in [1.54, 1.807) is 66.7 Å². The van der Waals surface area contributed by atoms with Crippen LogP contribution in [0.15, 0.2) is 113 Å². The molecule has 0 bridgehead atoms. The number of para-hydroxylation sites is 5. The molecule has 2 aromatic heterocycles. The van der Waals surface area contributed by atoms with Crippen LogP contribution in [0.4, 0.5) is 10.5 Å². The number of ether oxygens (including phenoxy) is 5. The number of methoxy groups -OCH3 is 1. The number of hydrogen-bond acceptors (Lipinski definition) is 13. The van der Waals surface area contributed by atoms with E-state index < -0.39 is 67.2 Å². The van der Waals surface area contributed by atoms with E-state index in [-0.39, 0.29) is 25.7 Å². The molecule has 54 heavy (non-hydrogen) atoms. The van der Waals surface area contributed by atoms with Gasteiger partial charge < -0.3 is 37.6 Å². The summed E-state index contributed by atoms with van der Waals surface area (Å²) in [6, 6.07) is 22.9. The number of aromatic nitrogens is 2. The molecule has 1 amide bonds. The number of fused-ring (bicyclic) bond motifs is 2. The number of nitrogens with zero attached hydrogens (tertiary/aromatic N) is 2. The van der Waals surface area contributed by atoms with Gasteiger partial charge in [-0.1, -0.05) is 54.6 Å². The molecular formula is C40H41N3O11. The lowest BCUT2D eigenvalue weighted by molar-refractivity contribution is -0.300. The molecule has 0 aliphatic carbocycles. The fourth-order valence-corrected chi connectivity index (χ4v) is 6.23. The number of hydrogen-bond donors (Lipinski definition) is 2. The lowest BCUT2D eigenvalue weighted by atomic mass is 9.96. The molecule has 2 N–H and O–H groups in total. The molecule has 14 heteroatoms. The smallest absolute Gasteiger partial charge is 0.412 e. The van der Waals surface area contributed by atoms with Gasteiger partial charge in [0.25, 0.3) is 0 Å². The Morgan fingerprint density at radius 3 is 1.78 bits per heavy atom. The molecule has 1 aliphatic heterocycles. The van der Waals surface area contributed by atoms with Gasteiger partial charge in [0.2, 0.25) is 0 Å². The van der Waals surface area contributed by atoms with E-state index in [1.165, 1.54) is 7.11 Å². The lowest BCUT2D eigenvalue weighted by Gasteiger charge is -2.44. The third-order valence-corrected chi connectivity index (χ3v) is 8.86. The van der Waals surface area contributed by atoms with Crippen LogP contribution in [0, 0.1) is 11.8 Å². The third kappa shape index (κ3) is 9.02. The number of carbonyl (C=O) groups excluding carboxylic acids is 3. The fourth-order valence-electron chi connectivity index (χ4n) is 6.23. The molecule has 1 saturated heterocycles. The van der Waals surface area contributed by atoms with Gasteiger partial charge in [-0.05, 0) is 49.2 Å². The maximum Gasteiger partial charge on any atom is 0.412 e. The molecule has 5 aromatic rings. The molecule has 1 fully saturated rings. The second-order valence-corrected chi connectivity index (χ2v) is 12.6. The first-order valence-corrected chi connectivity index (χ1v) is 17.4. The highest BCUT2D eigenvalue weighted by molar-refractivity contribution is 5.84. The van der Waals surface area contributed by atoms with Crippen molar-refractivity contribution in [3.63, 3.8) is 0 Å². The Bertz CT molecular complexity index is 2000. The van der Waals surface area contributed by atoms with Gasteiger partial charge in [0.05, 0.1) is 18.4 Å². The number of anilines is 1. The first-order valence-electron chi connectivity index (χ1n) is 17.4. The Kier molecular flexibility index (Phi) is 12.5. The zero-order valence-electron chi connectivity index (χ0n) is 29.6. The summed E-state index contributed by atoms with van der Waals surface area (Å²) >= 11 is 0. The number of allylic oxidation sites excluding steroid dienone is 2. The average Bonchev–Trinajstić information content (AvgIpc) is 3.79. The first-order chi connectivity index (χ1) is 26.3. The van der Waals surface area contributed by atoms with E-state index in [1.807, 2.05) is 24.3 Å². The second kappa shape index (κ2) is 17.8. The molecule has 282 valence electrons. The Labute approximate surface area is 310 Å². The number of aliphatic hydroxyl groups excluding tert-OH is 1. The normalized spacial score (nSPS) is 20.8. The Morgan fingerprint density at radius 1 is 0.759 bits per heavy atom. The zero-order chi connectivity index (χ0) is 38.0. The number of esters is 2. The van der Waals surface area contributed by atoms with Crippen molar-refractivity contribution in [1.29, 1.82) is 0 Å². The van der Waals surface area contributed by atoms with Crippen LogP contribution in [0.1, 0.15) is 24.6 Å². The van der Waals surface area contributed by atoms with Crippen LogP contribution in [-0.2, 0) is 46.1 Å². The fraction of sp³-hybridized carbons (Fsp3) is 0.325. The van der Waals surface area contributed by atoms with Crippen LogP contribution >= 0.6 is 0 Å². The highest BCUT2D eigenvalue weighted by atomic mass is 16.7. The number of nitrogens with one attached hydrogen (secondary N) is 1. The van der Waals surface area contributed by atoms with Gasteiger partial charge in [-0.25, -0.2) is 14.8 Å². The highest BCUT2D eigenvalue weighted by Gasteiger charge is 2.53. The van der Waals surface area contributed by atoms with Crippen molar-refractivity contribution in [3.8, 4) is 0 Å². The molecule has 6 rings (SSSR count). The maximum atomic E-state index is 14.1. The zero-order valence-corrected chi connectivity index (χ0v) is 29.6. The second-order valence-electron chi connectivity index (χ2n) is 12.6. The molecule has 0 radical (unpaired) electrons. The van der Waals surface area contributed by atoms with Gasteiger partial charge in [-0.3, -0.25) is 14.9 Å². The van der Waals surface area contributed by atoms with E-state index in [4.69, 9.17) is 32.5 Å². The minimum absolute atomic E-state index is 0.0380. The number of carbonyl (C=O) groups is 3. The van der Waals surface area contributed by atoms with Crippen LogP contribution in [0.25, 0.3) is 22.2 Å². The molecule has 0 unspecified atom stereocenters. The molecule has 0 spiro atoms. The van der Waals surface area contributed by atoms with E-state index in [9.17, 15) is 19.5 Å². The summed E-state index contributed by atoms with van der Waals surface area (Å²) in [5, 5.41) is 13.0. The molecule has 1 aliphatic rings. The Hall–Kier alpha value is -5.83. The van der Waals surface area contributed by atoms with Crippen molar-refractivity contribution in [3.05, 3.63) is 116 Å². The first kappa shape index (κ1) is 37.9. The van der Waals surface area contributed by atoms with Crippen molar-refractivity contribution in [2.24, 2.45) is 11.8 Å². The number of oxazole rings is 2. The Morgan fingerprint density at radius 2 is 1.28 bits per heavy atom.